The van der Waals surface area contributed by atoms with Crippen molar-refractivity contribution in [3.05, 3.63) is 60.2 Å². The average molecular weight is 233 g/mol. The minimum absolute atomic E-state index is 0.0682. The van der Waals surface area contributed by atoms with Crippen molar-refractivity contribution in [2.24, 2.45) is 5.92 Å². The van der Waals surface area contributed by atoms with Gasteiger partial charge in [-0.15, -0.1) is 11.6 Å². The predicted molar refractivity (Wildman–Crippen MR) is 66.8 cm³/mol. The van der Waals surface area contributed by atoms with Gasteiger partial charge in [-0.1, -0.05) is 54.6 Å². The highest BCUT2D eigenvalue weighted by atomic mass is 35.5. The van der Waals surface area contributed by atoms with Gasteiger partial charge in [-0.3, -0.25) is 4.79 Å². The van der Waals surface area contributed by atoms with E-state index in [2.05, 4.69) is 0 Å². The molecule has 16 heavy (non-hydrogen) atoms. The number of hydrogen-bond donors (Lipinski definition) is 0. The fourth-order valence-corrected chi connectivity index (χ4v) is 2.08. The van der Waals surface area contributed by atoms with E-state index in [1.807, 2.05) is 61.6 Å². The number of carbonyl (C=O) groups excluding carboxylic acids is 1. The van der Waals surface area contributed by atoms with E-state index in [-0.39, 0.29) is 11.7 Å². The molecule has 0 aromatic heterocycles. The van der Waals surface area contributed by atoms with Crippen LogP contribution in [0.1, 0.15) is 17.3 Å². The summed E-state index contributed by atoms with van der Waals surface area (Å²) < 4.78 is 0. The van der Waals surface area contributed by atoms with Crippen molar-refractivity contribution in [3.8, 4) is 0 Å². The molecule has 2 rings (SSSR count). The number of hydrogen-bond acceptors (Lipinski definition) is 1. The number of allylic oxidation sites excluding steroid dienone is 4. The largest absolute Gasteiger partial charge is 0.293 e. The third kappa shape index (κ3) is 2.10. The van der Waals surface area contributed by atoms with E-state index >= 15 is 0 Å². The summed E-state index contributed by atoms with van der Waals surface area (Å²) in [7, 11) is 0. The molecule has 1 aromatic carbocycles. The smallest absolute Gasteiger partial charge is 0.171 e. The molecule has 2 heteroatoms. The first-order valence-electron chi connectivity index (χ1n) is 5.25. The lowest BCUT2D eigenvalue weighted by Crippen LogP contribution is -2.32. The van der Waals surface area contributed by atoms with Gasteiger partial charge < -0.3 is 0 Å². The minimum Gasteiger partial charge on any atom is -0.293 e. The van der Waals surface area contributed by atoms with Crippen LogP contribution < -0.4 is 0 Å². The molecule has 0 heterocycles. The molecule has 0 saturated carbocycles. The number of carbonyl (C=O) groups is 1. The summed E-state index contributed by atoms with van der Waals surface area (Å²) in [4.78, 5) is 11.6. The molecule has 0 radical (unpaired) electrons. The monoisotopic (exact) mass is 232 g/mol. The maximum absolute atomic E-state index is 12.2. The standard InChI is InChI=1S/C14H13ClO/c1-14(15)10-6-5-9-12(14)13(16)11-7-3-2-4-8-11/h2-10,12H,1H3. The Bertz CT molecular complexity index is 443. The molecule has 1 nitrogen and oxygen atoms in total. The fraction of sp³-hybridized carbons (Fsp3) is 0.214. The first-order chi connectivity index (χ1) is 7.61. The fourth-order valence-electron chi connectivity index (χ4n) is 1.84. The summed E-state index contributed by atoms with van der Waals surface area (Å²) in [5.41, 5.74) is 0.708. The van der Waals surface area contributed by atoms with Crippen molar-refractivity contribution in [2.75, 3.05) is 0 Å². The van der Waals surface area contributed by atoms with Crippen LogP contribution in [0.15, 0.2) is 54.6 Å². The van der Waals surface area contributed by atoms with Crippen LogP contribution in [-0.2, 0) is 0 Å². The lowest BCUT2D eigenvalue weighted by Gasteiger charge is -2.27. The first kappa shape index (κ1) is 11.2. The molecule has 1 aromatic rings. The zero-order chi connectivity index (χ0) is 11.6. The van der Waals surface area contributed by atoms with Gasteiger partial charge in [0.2, 0.25) is 0 Å². The van der Waals surface area contributed by atoms with Crippen LogP contribution in [0.25, 0.3) is 0 Å². The van der Waals surface area contributed by atoms with Gasteiger partial charge in [0.05, 0.1) is 10.8 Å². The van der Waals surface area contributed by atoms with Crippen LogP contribution in [0.3, 0.4) is 0 Å². The molecule has 0 saturated heterocycles. The Morgan fingerprint density at radius 1 is 1.25 bits per heavy atom. The van der Waals surface area contributed by atoms with Gasteiger partial charge in [-0.25, -0.2) is 0 Å². The molecule has 0 bridgehead atoms. The molecule has 0 fully saturated rings. The second-order valence-corrected chi connectivity index (χ2v) is 4.92. The highest BCUT2D eigenvalue weighted by molar-refractivity contribution is 6.27. The molecular formula is C14H13ClO. The van der Waals surface area contributed by atoms with Crippen molar-refractivity contribution >= 4 is 17.4 Å². The van der Waals surface area contributed by atoms with E-state index in [0.717, 1.165) is 0 Å². The second kappa shape index (κ2) is 4.26. The third-order valence-corrected chi connectivity index (χ3v) is 3.15. The molecule has 82 valence electrons. The van der Waals surface area contributed by atoms with Crippen LogP contribution >= 0.6 is 11.6 Å². The van der Waals surface area contributed by atoms with Crippen molar-refractivity contribution in [1.82, 2.24) is 0 Å². The lowest BCUT2D eigenvalue weighted by molar-refractivity contribution is 0.0932. The molecule has 0 spiro atoms. The third-order valence-electron chi connectivity index (χ3n) is 2.79. The number of benzene rings is 1. The number of ketones is 1. The van der Waals surface area contributed by atoms with Crippen molar-refractivity contribution in [3.63, 3.8) is 0 Å². The SMILES string of the molecule is CC1(Cl)C=CC=CC1C(=O)c1ccccc1. The van der Waals surface area contributed by atoms with E-state index in [1.165, 1.54) is 0 Å². The Labute approximate surface area is 100 Å². The van der Waals surface area contributed by atoms with Gasteiger partial charge in [-0.2, -0.15) is 0 Å². The Morgan fingerprint density at radius 3 is 2.56 bits per heavy atom. The molecule has 0 N–H and O–H groups in total. The Kier molecular flexibility index (Phi) is 2.97. The van der Waals surface area contributed by atoms with Crippen LogP contribution in [0.4, 0.5) is 0 Å². The van der Waals surface area contributed by atoms with Gasteiger partial charge in [0.1, 0.15) is 0 Å². The van der Waals surface area contributed by atoms with Crippen molar-refractivity contribution < 1.29 is 4.79 Å². The van der Waals surface area contributed by atoms with E-state index < -0.39 is 4.87 Å². The van der Waals surface area contributed by atoms with E-state index in [9.17, 15) is 4.79 Å². The normalized spacial score (nSPS) is 28.0. The molecular weight excluding hydrogens is 220 g/mol. The van der Waals surface area contributed by atoms with Crippen molar-refractivity contribution in [1.29, 1.82) is 0 Å². The van der Waals surface area contributed by atoms with Crippen LogP contribution in [-0.4, -0.2) is 10.7 Å². The summed E-state index contributed by atoms with van der Waals surface area (Å²) in [5, 5.41) is 0. The number of alkyl halides is 1. The predicted octanol–water partition coefficient (Wildman–Crippen LogP) is 3.61. The van der Waals surface area contributed by atoms with Gasteiger partial charge in [0.25, 0.3) is 0 Å². The minimum atomic E-state index is -0.623. The number of halogens is 1. The Hall–Kier alpha value is -1.34. The summed E-state index contributed by atoms with van der Waals surface area (Å²) >= 11 is 6.32. The van der Waals surface area contributed by atoms with E-state index in [1.54, 1.807) is 0 Å². The number of rotatable bonds is 2. The van der Waals surface area contributed by atoms with Gasteiger partial charge >= 0.3 is 0 Å². The van der Waals surface area contributed by atoms with Gasteiger partial charge in [-0.05, 0) is 6.92 Å². The highest BCUT2D eigenvalue weighted by Crippen LogP contribution is 2.33. The summed E-state index contributed by atoms with van der Waals surface area (Å²) in [5.74, 6) is -0.222. The second-order valence-electron chi connectivity index (χ2n) is 4.10. The zero-order valence-electron chi connectivity index (χ0n) is 9.06. The van der Waals surface area contributed by atoms with Gasteiger partial charge in [0.15, 0.2) is 5.78 Å². The lowest BCUT2D eigenvalue weighted by atomic mass is 9.83. The van der Waals surface area contributed by atoms with Crippen LogP contribution in [0.5, 0.6) is 0 Å². The molecule has 1 aliphatic carbocycles. The molecule has 0 amide bonds. The molecule has 1 aliphatic rings. The summed E-state index contributed by atoms with van der Waals surface area (Å²) in [6, 6.07) is 9.26. The van der Waals surface area contributed by atoms with E-state index in [0.29, 0.717) is 5.56 Å². The van der Waals surface area contributed by atoms with Gasteiger partial charge in [0, 0.05) is 5.56 Å². The molecule has 2 unspecified atom stereocenters. The maximum Gasteiger partial charge on any atom is 0.171 e. The molecule has 2 atom stereocenters. The Morgan fingerprint density at radius 2 is 1.94 bits per heavy atom. The quantitative estimate of drug-likeness (QED) is 0.562. The zero-order valence-corrected chi connectivity index (χ0v) is 9.82. The first-order valence-corrected chi connectivity index (χ1v) is 5.63. The average Bonchev–Trinajstić information content (AvgIpc) is 2.29. The topological polar surface area (TPSA) is 17.1 Å². The summed E-state index contributed by atoms with van der Waals surface area (Å²) in [6.45, 7) is 1.86. The highest BCUT2D eigenvalue weighted by Gasteiger charge is 2.34. The molecule has 0 aliphatic heterocycles. The Balaban J connectivity index is 2.30. The van der Waals surface area contributed by atoms with Crippen molar-refractivity contribution in [2.45, 2.75) is 11.8 Å². The van der Waals surface area contributed by atoms with Crippen LogP contribution in [0, 0.1) is 5.92 Å². The maximum atomic E-state index is 12.2. The van der Waals surface area contributed by atoms with E-state index in [4.69, 9.17) is 11.6 Å². The number of Topliss-reactive ketones (excluding diaryl/α,β-unsaturated/α-hetero) is 1. The van der Waals surface area contributed by atoms with Crippen LogP contribution in [0.2, 0.25) is 0 Å². The summed E-state index contributed by atoms with van der Waals surface area (Å²) in [6.07, 6.45) is 7.47.